The third kappa shape index (κ3) is 4.49. The molecule has 0 atom stereocenters. The molecule has 35 heavy (non-hydrogen) atoms. The van der Waals surface area contributed by atoms with Gasteiger partial charge in [-0.15, -0.1) is 0 Å². The summed E-state index contributed by atoms with van der Waals surface area (Å²) in [6.45, 7) is 4.12. The lowest BCUT2D eigenvalue weighted by Gasteiger charge is -2.12. The Hall–Kier alpha value is -4.13. The topological polar surface area (TPSA) is 39.4 Å². The van der Waals surface area contributed by atoms with Gasteiger partial charge in [0.15, 0.2) is 11.3 Å². The maximum Gasteiger partial charge on any atom is 0.433 e. The number of rotatable bonds is 5. The van der Waals surface area contributed by atoms with Crippen molar-refractivity contribution in [1.82, 2.24) is 14.6 Å². The van der Waals surface area contributed by atoms with Crippen molar-refractivity contribution < 1.29 is 17.9 Å². The molecule has 0 aliphatic carbocycles. The van der Waals surface area contributed by atoms with Gasteiger partial charge in [-0.25, -0.2) is 9.50 Å². The fraction of sp³-hybridized carbons (Fsp3) is 0.143. The van der Waals surface area contributed by atoms with E-state index in [-0.39, 0.29) is 11.3 Å². The minimum Gasteiger partial charge on any atom is -0.489 e. The minimum absolute atomic E-state index is 0.165. The molecule has 0 bridgehead atoms. The van der Waals surface area contributed by atoms with E-state index in [0.29, 0.717) is 29.2 Å². The summed E-state index contributed by atoms with van der Waals surface area (Å²) in [5, 5.41) is 4.18. The van der Waals surface area contributed by atoms with Gasteiger partial charge in [0, 0.05) is 11.1 Å². The fourth-order valence-electron chi connectivity index (χ4n) is 4.07. The molecule has 2 aromatic heterocycles. The Morgan fingerprint density at radius 2 is 1.51 bits per heavy atom. The van der Waals surface area contributed by atoms with Crippen LogP contribution in [0, 0.1) is 13.8 Å². The second-order valence-electron chi connectivity index (χ2n) is 8.33. The van der Waals surface area contributed by atoms with Gasteiger partial charge in [-0.2, -0.15) is 18.3 Å². The van der Waals surface area contributed by atoms with E-state index in [2.05, 4.69) is 10.1 Å². The third-order valence-corrected chi connectivity index (χ3v) is 5.92. The van der Waals surface area contributed by atoms with Crippen molar-refractivity contribution in [3.05, 3.63) is 107 Å². The zero-order valence-corrected chi connectivity index (χ0v) is 19.2. The van der Waals surface area contributed by atoms with Gasteiger partial charge in [0.25, 0.3) is 0 Å². The number of hydrogen-bond acceptors (Lipinski definition) is 3. The molecule has 5 rings (SSSR count). The third-order valence-electron chi connectivity index (χ3n) is 5.92. The van der Waals surface area contributed by atoms with Crippen LogP contribution in [0.15, 0.2) is 84.9 Å². The predicted octanol–water partition coefficient (Wildman–Crippen LogP) is 7.28. The van der Waals surface area contributed by atoms with Gasteiger partial charge in [0.1, 0.15) is 12.4 Å². The molecule has 0 radical (unpaired) electrons. The molecule has 0 aliphatic heterocycles. The Morgan fingerprint density at radius 3 is 2.20 bits per heavy atom. The quantitative estimate of drug-likeness (QED) is 0.269. The highest BCUT2D eigenvalue weighted by atomic mass is 19.4. The van der Waals surface area contributed by atoms with Gasteiger partial charge in [-0.3, -0.25) is 0 Å². The van der Waals surface area contributed by atoms with E-state index < -0.39 is 11.9 Å². The largest absolute Gasteiger partial charge is 0.489 e. The SMILES string of the molecule is Cc1ccccc1COc1ccc(-c2cc(C(F)(F)F)n3nc(C)c(-c4ccccc4)c3n2)cc1. The van der Waals surface area contributed by atoms with Gasteiger partial charge in [0.2, 0.25) is 0 Å². The van der Waals surface area contributed by atoms with Crippen LogP contribution in [0.4, 0.5) is 13.2 Å². The average Bonchev–Trinajstić information content (AvgIpc) is 3.18. The van der Waals surface area contributed by atoms with Gasteiger partial charge in [0.05, 0.1) is 11.4 Å². The highest BCUT2D eigenvalue weighted by molar-refractivity contribution is 5.81. The Bertz CT molecular complexity index is 1490. The Labute approximate surface area is 200 Å². The molecule has 7 heteroatoms. The number of alkyl halides is 3. The summed E-state index contributed by atoms with van der Waals surface area (Å²) in [7, 11) is 0. The first-order valence-electron chi connectivity index (χ1n) is 11.1. The predicted molar refractivity (Wildman–Crippen MR) is 129 cm³/mol. The summed E-state index contributed by atoms with van der Waals surface area (Å²) in [5.74, 6) is 0.624. The van der Waals surface area contributed by atoms with Crippen molar-refractivity contribution in [3.63, 3.8) is 0 Å². The molecule has 0 amide bonds. The molecule has 4 nitrogen and oxygen atoms in total. The molecule has 5 aromatic rings. The summed E-state index contributed by atoms with van der Waals surface area (Å²) in [4.78, 5) is 4.61. The van der Waals surface area contributed by atoms with Crippen LogP contribution in [-0.4, -0.2) is 14.6 Å². The van der Waals surface area contributed by atoms with Crippen molar-refractivity contribution in [2.45, 2.75) is 26.6 Å². The number of aromatic nitrogens is 3. The Morgan fingerprint density at radius 1 is 0.829 bits per heavy atom. The zero-order chi connectivity index (χ0) is 24.6. The monoisotopic (exact) mass is 473 g/mol. The summed E-state index contributed by atoms with van der Waals surface area (Å²) in [6, 6.07) is 25.1. The number of benzene rings is 3. The van der Waals surface area contributed by atoms with Crippen LogP contribution in [0.2, 0.25) is 0 Å². The number of ether oxygens (including phenoxy) is 1. The van der Waals surface area contributed by atoms with Crippen LogP contribution in [-0.2, 0) is 12.8 Å². The highest BCUT2D eigenvalue weighted by Gasteiger charge is 2.36. The first kappa shape index (κ1) is 22.7. The number of nitrogens with zero attached hydrogens (tertiary/aromatic N) is 3. The van der Waals surface area contributed by atoms with E-state index in [1.54, 1.807) is 31.2 Å². The molecule has 0 N–H and O–H groups in total. The summed E-state index contributed by atoms with van der Waals surface area (Å²) >= 11 is 0. The summed E-state index contributed by atoms with van der Waals surface area (Å²) in [5.41, 5.74) is 4.09. The van der Waals surface area contributed by atoms with Crippen LogP contribution in [0.5, 0.6) is 5.75 Å². The minimum atomic E-state index is -4.60. The highest BCUT2D eigenvalue weighted by Crippen LogP contribution is 2.36. The second-order valence-corrected chi connectivity index (χ2v) is 8.33. The molecule has 0 unspecified atom stereocenters. The van der Waals surface area contributed by atoms with Crippen LogP contribution >= 0.6 is 0 Å². The lowest BCUT2D eigenvalue weighted by molar-refractivity contribution is -0.142. The summed E-state index contributed by atoms with van der Waals surface area (Å²) < 4.78 is 48.8. The van der Waals surface area contributed by atoms with E-state index in [0.717, 1.165) is 27.3 Å². The zero-order valence-electron chi connectivity index (χ0n) is 19.2. The van der Waals surface area contributed by atoms with Crippen LogP contribution in [0.1, 0.15) is 22.5 Å². The lowest BCUT2D eigenvalue weighted by Crippen LogP contribution is -2.13. The average molecular weight is 473 g/mol. The van der Waals surface area contributed by atoms with Crippen LogP contribution in [0.25, 0.3) is 28.0 Å². The normalized spacial score (nSPS) is 11.7. The van der Waals surface area contributed by atoms with Gasteiger partial charge in [-0.05, 0) is 60.9 Å². The molecular weight excluding hydrogens is 451 g/mol. The number of halogens is 3. The van der Waals surface area contributed by atoms with E-state index >= 15 is 0 Å². The number of aryl methyl sites for hydroxylation is 2. The van der Waals surface area contributed by atoms with Crippen molar-refractivity contribution in [3.8, 4) is 28.1 Å². The van der Waals surface area contributed by atoms with Crippen LogP contribution in [0.3, 0.4) is 0 Å². The molecule has 0 saturated carbocycles. The van der Waals surface area contributed by atoms with Crippen molar-refractivity contribution in [2.24, 2.45) is 0 Å². The summed E-state index contributed by atoms with van der Waals surface area (Å²) in [6.07, 6.45) is -4.60. The smallest absolute Gasteiger partial charge is 0.433 e. The molecule has 0 fully saturated rings. The first-order chi connectivity index (χ1) is 16.8. The van der Waals surface area contributed by atoms with Crippen LogP contribution < -0.4 is 4.74 Å². The molecule has 2 heterocycles. The van der Waals surface area contributed by atoms with Gasteiger partial charge in [-0.1, -0.05) is 54.6 Å². The Kier molecular flexibility index (Phi) is 5.76. The molecule has 0 saturated heterocycles. The first-order valence-corrected chi connectivity index (χ1v) is 11.1. The molecule has 0 aliphatic rings. The molecule has 0 spiro atoms. The van der Waals surface area contributed by atoms with Crippen molar-refractivity contribution >= 4 is 5.65 Å². The number of fused-ring (bicyclic) bond motifs is 1. The van der Waals surface area contributed by atoms with E-state index in [4.69, 9.17) is 4.74 Å². The second kappa shape index (κ2) is 8.91. The van der Waals surface area contributed by atoms with Gasteiger partial charge >= 0.3 is 6.18 Å². The standard InChI is InChI=1S/C28H22F3N3O/c1-18-8-6-7-11-22(18)17-35-23-14-12-20(13-15-23)24-16-25(28(29,30)31)34-27(32-24)26(19(2)33-34)21-9-4-3-5-10-21/h3-16H,17H2,1-2H3. The maximum atomic E-state index is 14.0. The molecular formula is C28H22F3N3O. The lowest BCUT2D eigenvalue weighted by atomic mass is 10.1. The number of hydrogen-bond donors (Lipinski definition) is 0. The van der Waals surface area contributed by atoms with Crippen molar-refractivity contribution in [1.29, 1.82) is 0 Å². The van der Waals surface area contributed by atoms with E-state index in [1.807, 2.05) is 61.5 Å². The Balaban J connectivity index is 1.54. The maximum absolute atomic E-state index is 14.0. The van der Waals surface area contributed by atoms with E-state index in [9.17, 15) is 13.2 Å². The fourth-order valence-corrected chi connectivity index (χ4v) is 4.07. The van der Waals surface area contributed by atoms with E-state index in [1.165, 1.54) is 0 Å². The van der Waals surface area contributed by atoms with Crippen molar-refractivity contribution in [2.75, 3.05) is 0 Å². The molecule has 176 valence electrons. The molecule has 3 aromatic carbocycles. The van der Waals surface area contributed by atoms with Gasteiger partial charge < -0.3 is 4.74 Å².